The highest BCUT2D eigenvalue weighted by Crippen LogP contribution is 2.29. The van der Waals surface area contributed by atoms with Gasteiger partial charge in [0, 0.05) is 45.7 Å². The molecule has 2 aliphatic heterocycles. The van der Waals surface area contributed by atoms with Crippen molar-refractivity contribution >= 4 is 5.91 Å². The summed E-state index contributed by atoms with van der Waals surface area (Å²) in [6.07, 6.45) is -4.93. The van der Waals surface area contributed by atoms with Crippen molar-refractivity contribution in [2.45, 2.75) is 25.4 Å². The number of rotatable bonds is 4. The van der Waals surface area contributed by atoms with Gasteiger partial charge in [-0.05, 0) is 17.7 Å². The minimum absolute atomic E-state index is 0.0653. The van der Waals surface area contributed by atoms with Crippen molar-refractivity contribution in [1.29, 1.82) is 0 Å². The van der Waals surface area contributed by atoms with Crippen LogP contribution in [0.25, 0.3) is 0 Å². The van der Waals surface area contributed by atoms with E-state index in [0.29, 0.717) is 31.7 Å². The number of hydrazine groups is 1. The quantitative estimate of drug-likeness (QED) is 0.779. The zero-order valence-electron chi connectivity index (χ0n) is 14.1. The van der Waals surface area contributed by atoms with Crippen molar-refractivity contribution in [3.8, 4) is 5.75 Å². The molecule has 10 heteroatoms. The van der Waals surface area contributed by atoms with Crippen molar-refractivity contribution < 1.29 is 27.1 Å². The number of benzene rings is 1. The molecule has 2 fully saturated rings. The van der Waals surface area contributed by atoms with Gasteiger partial charge in [0.1, 0.15) is 0 Å². The SMILES string of the molecule is CC(=O)NC1CN(N2CCNC(c3ccc(OC(F)(F)F)c(F)c3)C2)C1. The molecule has 6 nitrogen and oxygen atoms in total. The lowest BCUT2D eigenvalue weighted by Gasteiger charge is -2.49. The minimum atomic E-state index is -4.93. The first-order valence-corrected chi connectivity index (χ1v) is 8.27. The number of amides is 1. The number of piperazine rings is 1. The Morgan fingerprint density at radius 1 is 1.27 bits per heavy atom. The number of alkyl halides is 3. The van der Waals surface area contributed by atoms with Gasteiger partial charge in [-0.1, -0.05) is 6.07 Å². The highest BCUT2D eigenvalue weighted by Gasteiger charge is 2.35. The summed E-state index contributed by atoms with van der Waals surface area (Å²) in [6, 6.07) is 3.41. The van der Waals surface area contributed by atoms with Crippen molar-refractivity contribution in [2.75, 3.05) is 32.7 Å². The summed E-state index contributed by atoms with van der Waals surface area (Å²) in [6.45, 7) is 4.88. The molecule has 1 unspecified atom stereocenters. The van der Waals surface area contributed by atoms with Gasteiger partial charge in [0.05, 0.1) is 6.04 Å². The van der Waals surface area contributed by atoms with E-state index in [2.05, 4.69) is 25.4 Å². The van der Waals surface area contributed by atoms with E-state index < -0.39 is 17.9 Å². The van der Waals surface area contributed by atoms with Gasteiger partial charge < -0.3 is 15.4 Å². The third kappa shape index (κ3) is 4.63. The lowest BCUT2D eigenvalue weighted by atomic mass is 10.0. The van der Waals surface area contributed by atoms with Gasteiger partial charge in [0.15, 0.2) is 11.6 Å². The number of halogens is 4. The van der Waals surface area contributed by atoms with E-state index in [1.54, 1.807) is 0 Å². The molecule has 1 aromatic carbocycles. The molecule has 2 saturated heterocycles. The summed E-state index contributed by atoms with van der Waals surface area (Å²) in [4.78, 5) is 11.0. The molecule has 0 bridgehead atoms. The molecule has 2 aliphatic rings. The molecule has 1 amide bonds. The van der Waals surface area contributed by atoms with E-state index in [-0.39, 0.29) is 18.0 Å². The molecule has 0 saturated carbocycles. The molecule has 0 radical (unpaired) electrons. The number of nitrogens with zero attached hydrogens (tertiary/aromatic N) is 2. The average Bonchev–Trinajstić information content (AvgIpc) is 2.51. The molecule has 0 aliphatic carbocycles. The lowest BCUT2D eigenvalue weighted by molar-refractivity contribution is -0.275. The fourth-order valence-electron chi connectivity index (χ4n) is 3.22. The highest BCUT2D eigenvalue weighted by atomic mass is 19.4. The van der Waals surface area contributed by atoms with Crippen molar-refractivity contribution in [3.63, 3.8) is 0 Å². The monoisotopic (exact) mass is 376 g/mol. The second-order valence-electron chi connectivity index (χ2n) is 6.43. The molecule has 3 rings (SSSR count). The standard InChI is InChI=1S/C16H20F4N4O2/c1-10(25)22-12-7-24(8-12)23-5-4-21-14(9-23)11-2-3-15(13(17)6-11)26-16(18,19)20/h2-3,6,12,14,21H,4-5,7-9H2,1H3,(H,22,25). The van der Waals surface area contributed by atoms with Gasteiger partial charge in [0.25, 0.3) is 0 Å². The summed E-state index contributed by atoms with van der Waals surface area (Å²) < 4.78 is 54.3. The van der Waals surface area contributed by atoms with Crippen LogP contribution in [-0.4, -0.2) is 61.1 Å². The zero-order chi connectivity index (χ0) is 18.9. The van der Waals surface area contributed by atoms with Crippen LogP contribution in [0.15, 0.2) is 18.2 Å². The Bertz CT molecular complexity index is 664. The van der Waals surface area contributed by atoms with Crippen LogP contribution in [0.4, 0.5) is 17.6 Å². The topological polar surface area (TPSA) is 56.8 Å². The Hall–Kier alpha value is -1.91. The fraction of sp³-hybridized carbons (Fsp3) is 0.562. The second kappa shape index (κ2) is 7.37. The number of hydrogen-bond acceptors (Lipinski definition) is 5. The van der Waals surface area contributed by atoms with E-state index in [1.165, 1.54) is 13.0 Å². The van der Waals surface area contributed by atoms with Gasteiger partial charge in [-0.25, -0.2) is 14.4 Å². The number of carbonyl (C=O) groups is 1. The van der Waals surface area contributed by atoms with Crippen LogP contribution < -0.4 is 15.4 Å². The number of nitrogens with one attached hydrogen (secondary N) is 2. The molecule has 26 heavy (non-hydrogen) atoms. The molecular formula is C16H20F4N4O2. The van der Waals surface area contributed by atoms with E-state index >= 15 is 0 Å². The summed E-state index contributed by atoms with van der Waals surface area (Å²) in [7, 11) is 0. The normalized spacial score (nSPS) is 22.7. The molecule has 1 aromatic rings. The van der Waals surface area contributed by atoms with E-state index in [9.17, 15) is 22.4 Å². The molecule has 0 spiro atoms. The maximum absolute atomic E-state index is 13.9. The number of ether oxygens (including phenoxy) is 1. The van der Waals surface area contributed by atoms with Crippen LogP contribution in [0.2, 0.25) is 0 Å². The van der Waals surface area contributed by atoms with Gasteiger partial charge in [-0.15, -0.1) is 13.2 Å². The van der Waals surface area contributed by atoms with E-state index in [0.717, 1.165) is 18.7 Å². The van der Waals surface area contributed by atoms with E-state index in [4.69, 9.17) is 0 Å². The van der Waals surface area contributed by atoms with Gasteiger partial charge in [-0.2, -0.15) is 0 Å². The lowest BCUT2D eigenvalue weighted by Crippen LogP contribution is -2.67. The largest absolute Gasteiger partial charge is 0.573 e. The Morgan fingerprint density at radius 2 is 2.00 bits per heavy atom. The molecule has 2 heterocycles. The van der Waals surface area contributed by atoms with Gasteiger partial charge in [0.2, 0.25) is 5.91 Å². The third-order valence-corrected chi connectivity index (χ3v) is 4.41. The summed E-state index contributed by atoms with van der Waals surface area (Å²) >= 11 is 0. The smallest absolute Gasteiger partial charge is 0.403 e. The Labute approximate surface area is 148 Å². The predicted octanol–water partition coefficient (Wildman–Crippen LogP) is 1.41. The van der Waals surface area contributed by atoms with Gasteiger partial charge >= 0.3 is 6.36 Å². The predicted molar refractivity (Wildman–Crippen MR) is 84.6 cm³/mol. The Kier molecular flexibility index (Phi) is 5.35. The van der Waals surface area contributed by atoms with Crippen LogP contribution in [-0.2, 0) is 4.79 Å². The van der Waals surface area contributed by atoms with Crippen LogP contribution in [0.5, 0.6) is 5.75 Å². The van der Waals surface area contributed by atoms with Crippen LogP contribution in [0, 0.1) is 5.82 Å². The highest BCUT2D eigenvalue weighted by molar-refractivity contribution is 5.73. The molecule has 0 aromatic heterocycles. The fourth-order valence-corrected chi connectivity index (χ4v) is 3.22. The van der Waals surface area contributed by atoms with E-state index in [1.807, 2.05) is 0 Å². The number of hydrogen-bond donors (Lipinski definition) is 2. The zero-order valence-corrected chi connectivity index (χ0v) is 14.1. The summed E-state index contributed by atoms with van der Waals surface area (Å²) in [5.41, 5.74) is 0.556. The van der Waals surface area contributed by atoms with Gasteiger partial charge in [-0.3, -0.25) is 4.79 Å². The van der Waals surface area contributed by atoms with Crippen molar-refractivity contribution in [3.05, 3.63) is 29.6 Å². The average molecular weight is 376 g/mol. The van der Waals surface area contributed by atoms with Crippen molar-refractivity contribution in [2.24, 2.45) is 0 Å². The maximum atomic E-state index is 13.9. The first-order chi connectivity index (χ1) is 12.2. The van der Waals surface area contributed by atoms with Crippen LogP contribution >= 0.6 is 0 Å². The Balaban J connectivity index is 1.60. The first kappa shape index (κ1) is 18.9. The molecule has 144 valence electrons. The second-order valence-corrected chi connectivity index (χ2v) is 6.43. The first-order valence-electron chi connectivity index (χ1n) is 8.27. The van der Waals surface area contributed by atoms with Crippen LogP contribution in [0.3, 0.4) is 0 Å². The number of carbonyl (C=O) groups excluding carboxylic acids is 1. The minimum Gasteiger partial charge on any atom is -0.403 e. The Morgan fingerprint density at radius 3 is 2.62 bits per heavy atom. The third-order valence-electron chi connectivity index (χ3n) is 4.41. The van der Waals surface area contributed by atoms with Crippen LogP contribution in [0.1, 0.15) is 18.5 Å². The summed E-state index contributed by atoms with van der Waals surface area (Å²) in [5.74, 6) is -1.95. The molecular weight excluding hydrogens is 356 g/mol. The van der Waals surface area contributed by atoms with Crippen molar-refractivity contribution in [1.82, 2.24) is 20.7 Å². The maximum Gasteiger partial charge on any atom is 0.573 e. The molecule has 2 N–H and O–H groups in total. The summed E-state index contributed by atoms with van der Waals surface area (Å²) in [5, 5.41) is 10.3. The molecule has 1 atom stereocenters.